The fourth-order valence-corrected chi connectivity index (χ4v) is 2.25. The fraction of sp³-hybridized carbons (Fsp3) is 0.385. The maximum absolute atomic E-state index is 5.94. The number of fused-ring (bicyclic) bond motifs is 1. The van der Waals surface area contributed by atoms with Gasteiger partial charge in [0.2, 0.25) is 5.95 Å². The van der Waals surface area contributed by atoms with Crippen LogP contribution >= 0.6 is 0 Å². The van der Waals surface area contributed by atoms with Crippen LogP contribution in [0.4, 0.5) is 11.8 Å². The summed E-state index contributed by atoms with van der Waals surface area (Å²) in [6.07, 6.45) is 0. The first-order valence-corrected chi connectivity index (χ1v) is 5.63. The summed E-state index contributed by atoms with van der Waals surface area (Å²) in [7, 11) is 0. The predicted molar refractivity (Wildman–Crippen MR) is 71.8 cm³/mol. The van der Waals surface area contributed by atoms with Gasteiger partial charge in [-0.25, -0.2) is 4.98 Å². The molecule has 4 heteroatoms. The van der Waals surface area contributed by atoms with Gasteiger partial charge in [-0.3, -0.25) is 0 Å². The zero-order valence-corrected chi connectivity index (χ0v) is 10.7. The molecule has 4 N–H and O–H groups in total. The average molecular weight is 230 g/mol. The Morgan fingerprint density at radius 2 is 1.71 bits per heavy atom. The molecule has 2 rings (SSSR count). The molecular formula is C13H18N4. The van der Waals surface area contributed by atoms with Gasteiger partial charge in [-0.1, -0.05) is 26.8 Å². The van der Waals surface area contributed by atoms with Crippen molar-refractivity contribution in [2.24, 2.45) is 0 Å². The molecule has 0 saturated heterocycles. The number of aryl methyl sites for hydroxylation is 1. The number of nitrogens with zero attached hydrogens (tertiary/aromatic N) is 2. The van der Waals surface area contributed by atoms with Crippen LogP contribution in [-0.2, 0) is 5.41 Å². The number of benzene rings is 1. The lowest BCUT2D eigenvalue weighted by atomic mass is 9.83. The van der Waals surface area contributed by atoms with Crippen molar-refractivity contribution in [3.05, 3.63) is 23.3 Å². The Bertz CT molecular complexity index is 582. The third-order valence-corrected chi connectivity index (χ3v) is 2.98. The Kier molecular flexibility index (Phi) is 2.45. The Morgan fingerprint density at radius 1 is 1.06 bits per heavy atom. The van der Waals surface area contributed by atoms with Crippen molar-refractivity contribution in [3.8, 4) is 0 Å². The summed E-state index contributed by atoms with van der Waals surface area (Å²) in [5.41, 5.74) is 14.8. The number of nitrogens with two attached hydrogens (primary N) is 2. The van der Waals surface area contributed by atoms with Gasteiger partial charge in [-0.15, -0.1) is 0 Å². The van der Waals surface area contributed by atoms with Crippen LogP contribution in [0, 0.1) is 6.92 Å². The minimum absolute atomic E-state index is 0.0755. The average Bonchev–Trinajstić information content (AvgIpc) is 2.14. The van der Waals surface area contributed by atoms with Gasteiger partial charge in [-0.2, -0.15) is 4.98 Å². The third-order valence-electron chi connectivity index (χ3n) is 2.98. The van der Waals surface area contributed by atoms with E-state index in [0.717, 1.165) is 16.5 Å². The van der Waals surface area contributed by atoms with Gasteiger partial charge in [0.25, 0.3) is 0 Å². The molecule has 1 aromatic carbocycles. The zero-order valence-electron chi connectivity index (χ0n) is 10.7. The van der Waals surface area contributed by atoms with Gasteiger partial charge in [0, 0.05) is 5.39 Å². The molecule has 0 bridgehead atoms. The number of rotatable bonds is 0. The van der Waals surface area contributed by atoms with E-state index < -0.39 is 0 Å². The predicted octanol–water partition coefficient (Wildman–Crippen LogP) is 2.40. The van der Waals surface area contributed by atoms with Gasteiger partial charge in [0.1, 0.15) is 5.82 Å². The maximum Gasteiger partial charge on any atom is 0.222 e. The molecule has 0 saturated carbocycles. The quantitative estimate of drug-likeness (QED) is 0.728. The van der Waals surface area contributed by atoms with Gasteiger partial charge in [-0.05, 0) is 29.5 Å². The molecule has 0 amide bonds. The number of hydrogen-bond donors (Lipinski definition) is 2. The van der Waals surface area contributed by atoms with Crippen LogP contribution in [0.2, 0.25) is 0 Å². The monoisotopic (exact) mass is 230 g/mol. The van der Waals surface area contributed by atoms with E-state index in [2.05, 4.69) is 43.7 Å². The molecule has 90 valence electrons. The first kappa shape index (κ1) is 11.6. The third kappa shape index (κ3) is 1.90. The maximum atomic E-state index is 5.94. The Labute approximate surface area is 101 Å². The number of anilines is 2. The van der Waals surface area contributed by atoms with Gasteiger partial charge in [0.15, 0.2) is 0 Å². The highest BCUT2D eigenvalue weighted by Crippen LogP contribution is 2.32. The highest BCUT2D eigenvalue weighted by molar-refractivity contribution is 5.92. The summed E-state index contributed by atoms with van der Waals surface area (Å²) < 4.78 is 0. The summed E-state index contributed by atoms with van der Waals surface area (Å²) in [5, 5.41) is 0.909. The lowest BCUT2D eigenvalue weighted by molar-refractivity contribution is 0.587. The van der Waals surface area contributed by atoms with Crippen molar-refractivity contribution < 1.29 is 0 Å². The van der Waals surface area contributed by atoms with E-state index in [0.29, 0.717) is 5.82 Å². The van der Waals surface area contributed by atoms with Gasteiger partial charge >= 0.3 is 0 Å². The summed E-state index contributed by atoms with van der Waals surface area (Å²) in [4.78, 5) is 8.24. The van der Waals surface area contributed by atoms with Crippen LogP contribution in [0.1, 0.15) is 31.9 Å². The molecule has 4 nitrogen and oxygen atoms in total. The smallest absolute Gasteiger partial charge is 0.222 e. The molecule has 17 heavy (non-hydrogen) atoms. The van der Waals surface area contributed by atoms with E-state index in [-0.39, 0.29) is 11.4 Å². The number of nitrogen functional groups attached to an aromatic ring is 2. The molecule has 2 aromatic rings. The molecule has 0 aliphatic carbocycles. The van der Waals surface area contributed by atoms with Crippen LogP contribution in [-0.4, -0.2) is 9.97 Å². The number of hydrogen-bond acceptors (Lipinski definition) is 4. The van der Waals surface area contributed by atoms with E-state index in [1.54, 1.807) is 0 Å². The molecule has 1 aromatic heterocycles. The molecule has 0 aliphatic rings. The van der Waals surface area contributed by atoms with E-state index >= 15 is 0 Å². The van der Waals surface area contributed by atoms with Crippen molar-refractivity contribution >= 4 is 22.7 Å². The second kappa shape index (κ2) is 3.58. The summed E-state index contributed by atoms with van der Waals surface area (Å²) in [6.45, 7) is 8.58. The van der Waals surface area contributed by atoms with Crippen molar-refractivity contribution in [2.45, 2.75) is 33.1 Å². The Morgan fingerprint density at radius 3 is 2.29 bits per heavy atom. The van der Waals surface area contributed by atoms with E-state index in [1.165, 1.54) is 5.56 Å². The van der Waals surface area contributed by atoms with E-state index in [9.17, 15) is 0 Å². The molecule has 0 atom stereocenters. The van der Waals surface area contributed by atoms with Crippen molar-refractivity contribution in [2.75, 3.05) is 11.5 Å². The molecule has 0 unspecified atom stereocenters. The lowest BCUT2D eigenvalue weighted by Crippen LogP contribution is -2.14. The Hall–Kier alpha value is -1.84. The van der Waals surface area contributed by atoms with Crippen LogP contribution in [0.25, 0.3) is 10.9 Å². The van der Waals surface area contributed by atoms with Crippen molar-refractivity contribution in [1.82, 2.24) is 9.97 Å². The van der Waals surface area contributed by atoms with Crippen molar-refractivity contribution in [1.29, 1.82) is 0 Å². The minimum Gasteiger partial charge on any atom is -0.383 e. The molecule has 0 radical (unpaired) electrons. The summed E-state index contributed by atoms with van der Waals surface area (Å²) in [6, 6.07) is 4.04. The normalized spacial score (nSPS) is 12.0. The lowest BCUT2D eigenvalue weighted by Gasteiger charge is -2.22. The topological polar surface area (TPSA) is 77.8 Å². The second-order valence-corrected chi connectivity index (χ2v) is 5.35. The Balaban J connectivity index is 2.85. The molecular weight excluding hydrogens is 212 g/mol. The molecule has 1 heterocycles. The molecule has 0 aliphatic heterocycles. The van der Waals surface area contributed by atoms with Gasteiger partial charge < -0.3 is 11.5 Å². The van der Waals surface area contributed by atoms with Crippen LogP contribution in [0.15, 0.2) is 12.1 Å². The summed E-state index contributed by atoms with van der Waals surface area (Å²) >= 11 is 0. The van der Waals surface area contributed by atoms with Crippen LogP contribution in [0.5, 0.6) is 0 Å². The van der Waals surface area contributed by atoms with Crippen LogP contribution < -0.4 is 11.5 Å². The first-order chi connectivity index (χ1) is 7.80. The highest BCUT2D eigenvalue weighted by Gasteiger charge is 2.19. The van der Waals surface area contributed by atoms with E-state index in [1.807, 2.05) is 6.07 Å². The van der Waals surface area contributed by atoms with Gasteiger partial charge in [0.05, 0.1) is 5.52 Å². The molecule has 0 fully saturated rings. The minimum atomic E-state index is 0.0755. The zero-order chi connectivity index (χ0) is 12.8. The van der Waals surface area contributed by atoms with Crippen LogP contribution in [0.3, 0.4) is 0 Å². The fourth-order valence-electron chi connectivity index (χ4n) is 2.25. The second-order valence-electron chi connectivity index (χ2n) is 5.35. The SMILES string of the molecule is Cc1c(C(C)(C)C)ccc2nc(N)nc(N)c12. The first-order valence-electron chi connectivity index (χ1n) is 5.63. The highest BCUT2D eigenvalue weighted by atomic mass is 15.0. The summed E-state index contributed by atoms with van der Waals surface area (Å²) in [5.74, 6) is 0.675. The van der Waals surface area contributed by atoms with E-state index in [4.69, 9.17) is 11.5 Å². The number of aromatic nitrogens is 2. The largest absolute Gasteiger partial charge is 0.383 e. The molecule has 0 spiro atoms. The van der Waals surface area contributed by atoms with Crippen molar-refractivity contribution in [3.63, 3.8) is 0 Å². The standard InChI is InChI=1S/C13H18N4/c1-7-8(13(2,3)4)5-6-9-10(7)11(14)17-12(15)16-9/h5-6H,1-4H3,(H4,14,15,16,17).